The van der Waals surface area contributed by atoms with Gasteiger partial charge in [-0.2, -0.15) is 5.10 Å². The fourth-order valence-electron chi connectivity index (χ4n) is 2.57. The van der Waals surface area contributed by atoms with Crippen molar-refractivity contribution in [1.82, 2.24) is 9.78 Å². The number of ether oxygens (including phenoxy) is 1. The first-order valence-electron chi connectivity index (χ1n) is 7.24. The number of aryl methyl sites for hydroxylation is 1. The van der Waals surface area contributed by atoms with Crippen molar-refractivity contribution >= 4 is 5.97 Å². The van der Waals surface area contributed by atoms with Gasteiger partial charge in [-0.25, -0.2) is 13.9 Å². The van der Waals surface area contributed by atoms with E-state index in [-0.39, 0.29) is 11.4 Å². The molecule has 0 aliphatic rings. The molecule has 0 saturated heterocycles. The van der Waals surface area contributed by atoms with Crippen LogP contribution in [0.3, 0.4) is 0 Å². The van der Waals surface area contributed by atoms with Gasteiger partial charge in [0.2, 0.25) is 0 Å². The summed E-state index contributed by atoms with van der Waals surface area (Å²) in [6, 6.07) is 12.8. The van der Waals surface area contributed by atoms with Crippen LogP contribution in [0.25, 0.3) is 16.9 Å². The number of benzene rings is 2. The molecular weight excluding hydrogens is 311 g/mol. The first-order chi connectivity index (χ1) is 11.5. The number of halogens is 1. The highest BCUT2D eigenvalue weighted by Crippen LogP contribution is 2.30. The lowest BCUT2D eigenvalue weighted by Gasteiger charge is -2.09. The van der Waals surface area contributed by atoms with E-state index in [0.29, 0.717) is 28.4 Å². The average molecular weight is 326 g/mol. The average Bonchev–Trinajstić information content (AvgIpc) is 2.93. The van der Waals surface area contributed by atoms with Crippen LogP contribution in [0.15, 0.2) is 48.5 Å². The molecular formula is C18H15FN2O3. The first-order valence-corrected chi connectivity index (χ1v) is 7.24. The molecule has 0 aliphatic carbocycles. The summed E-state index contributed by atoms with van der Waals surface area (Å²) in [6.07, 6.45) is 0. The summed E-state index contributed by atoms with van der Waals surface area (Å²) in [5.74, 6) is -0.779. The van der Waals surface area contributed by atoms with Gasteiger partial charge in [-0.05, 0) is 55.5 Å². The van der Waals surface area contributed by atoms with E-state index in [1.54, 1.807) is 43.0 Å². The van der Waals surface area contributed by atoms with Crippen LogP contribution in [0.1, 0.15) is 16.1 Å². The minimum atomic E-state index is -1.08. The van der Waals surface area contributed by atoms with Crippen LogP contribution >= 0.6 is 0 Å². The van der Waals surface area contributed by atoms with E-state index in [1.165, 1.54) is 24.3 Å². The summed E-state index contributed by atoms with van der Waals surface area (Å²) in [5.41, 5.74) is 2.15. The van der Waals surface area contributed by atoms with Crippen LogP contribution in [-0.2, 0) is 0 Å². The zero-order valence-corrected chi connectivity index (χ0v) is 13.2. The topological polar surface area (TPSA) is 64.4 Å². The smallest absolute Gasteiger partial charge is 0.339 e. The Morgan fingerprint density at radius 2 is 1.75 bits per heavy atom. The van der Waals surface area contributed by atoms with Gasteiger partial charge in [0.25, 0.3) is 0 Å². The Labute approximate surface area is 137 Å². The summed E-state index contributed by atoms with van der Waals surface area (Å²) >= 11 is 0. The highest BCUT2D eigenvalue weighted by atomic mass is 19.1. The van der Waals surface area contributed by atoms with E-state index >= 15 is 0 Å². The molecule has 0 saturated carbocycles. The Morgan fingerprint density at radius 1 is 1.12 bits per heavy atom. The second-order valence-electron chi connectivity index (χ2n) is 5.23. The van der Waals surface area contributed by atoms with Gasteiger partial charge in [-0.3, -0.25) is 0 Å². The van der Waals surface area contributed by atoms with E-state index < -0.39 is 5.97 Å². The quantitative estimate of drug-likeness (QED) is 0.794. The van der Waals surface area contributed by atoms with Gasteiger partial charge in [0.15, 0.2) is 0 Å². The fraction of sp³-hybridized carbons (Fsp3) is 0.111. The number of carbonyl (C=O) groups is 1. The van der Waals surface area contributed by atoms with Crippen molar-refractivity contribution < 1.29 is 19.0 Å². The third-order valence-corrected chi connectivity index (χ3v) is 3.71. The predicted molar refractivity (Wildman–Crippen MR) is 87.2 cm³/mol. The number of carboxylic acids is 1. The van der Waals surface area contributed by atoms with Crippen molar-refractivity contribution in [2.45, 2.75) is 6.92 Å². The normalized spacial score (nSPS) is 10.6. The van der Waals surface area contributed by atoms with Crippen LogP contribution in [0.5, 0.6) is 5.75 Å². The molecule has 122 valence electrons. The zero-order chi connectivity index (χ0) is 17.3. The highest BCUT2D eigenvalue weighted by Gasteiger charge is 2.23. The number of nitrogens with zero attached hydrogens (tertiary/aromatic N) is 2. The van der Waals surface area contributed by atoms with Crippen LogP contribution in [0.4, 0.5) is 4.39 Å². The number of carboxylic acid groups (broad SMARTS) is 1. The Morgan fingerprint density at radius 3 is 2.29 bits per heavy atom. The first kappa shape index (κ1) is 15.7. The molecule has 0 fully saturated rings. The highest BCUT2D eigenvalue weighted by molar-refractivity contribution is 5.96. The largest absolute Gasteiger partial charge is 0.497 e. The van der Waals surface area contributed by atoms with Gasteiger partial charge in [-0.15, -0.1) is 0 Å². The molecule has 0 bridgehead atoms. The molecule has 2 aromatic carbocycles. The zero-order valence-electron chi connectivity index (χ0n) is 13.2. The molecule has 6 heteroatoms. The van der Waals surface area contributed by atoms with Crippen molar-refractivity contribution in [3.8, 4) is 22.7 Å². The SMILES string of the molecule is COc1ccc(-n2nc(C)c(C(=O)O)c2-c2ccc(F)cc2)cc1. The Bertz CT molecular complexity index is 884. The van der Waals surface area contributed by atoms with Crippen LogP contribution in [0.2, 0.25) is 0 Å². The number of aromatic carboxylic acids is 1. The second-order valence-corrected chi connectivity index (χ2v) is 5.23. The van der Waals surface area contributed by atoms with Crippen molar-refractivity contribution in [3.63, 3.8) is 0 Å². The number of methoxy groups -OCH3 is 1. The van der Waals surface area contributed by atoms with Gasteiger partial charge in [0.1, 0.15) is 17.1 Å². The molecule has 24 heavy (non-hydrogen) atoms. The van der Waals surface area contributed by atoms with Crippen molar-refractivity contribution in [1.29, 1.82) is 0 Å². The fourth-order valence-corrected chi connectivity index (χ4v) is 2.57. The lowest BCUT2D eigenvalue weighted by molar-refractivity contribution is 0.0697. The summed E-state index contributed by atoms with van der Waals surface area (Å²) in [5, 5.41) is 13.9. The molecule has 1 N–H and O–H groups in total. The molecule has 0 radical (unpaired) electrons. The molecule has 3 rings (SSSR count). The molecule has 3 aromatic rings. The maximum atomic E-state index is 13.2. The second kappa shape index (κ2) is 6.16. The maximum Gasteiger partial charge on any atom is 0.339 e. The number of rotatable bonds is 4. The summed E-state index contributed by atoms with van der Waals surface area (Å²) in [6.45, 7) is 1.64. The molecule has 0 aliphatic heterocycles. The molecule has 1 heterocycles. The van der Waals surface area contributed by atoms with E-state index in [0.717, 1.165) is 0 Å². The third kappa shape index (κ3) is 2.74. The van der Waals surface area contributed by atoms with Gasteiger partial charge in [-0.1, -0.05) is 0 Å². The molecule has 1 aromatic heterocycles. The van der Waals surface area contributed by atoms with Gasteiger partial charge in [0, 0.05) is 5.56 Å². The van der Waals surface area contributed by atoms with Gasteiger partial charge < -0.3 is 9.84 Å². The van der Waals surface area contributed by atoms with Crippen LogP contribution in [-0.4, -0.2) is 28.0 Å². The van der Waals surface area contributed by atoms with Gasteiger partial charge >= 0.3 is 5.97 Å². The molecule has 0 unspecified atom stereocenters. The minimum Gasteiger partial charge on any atom is -0.497 e. The molecule has 0 spiro atoms. The van der Waals surface area contributed by atoms with E-state index in [2.05, 4.69) is 5.10 Å². The lowest BCUT2D eigenvalue weighted by atomic mass is 10.1. The van der Waals surface area contributed by atoms with Crippen LogP contribution < -0.4 is 4.74 Å². The van der Waals surface area contributed by atoms with Crippen molar-refractivity contribution in [2.24, 2.45) is 0 Å². The molecule has 5 nitrogen and oxygen atoms in total. The van der Waals surface area contributed by atoms with E-state index in [9.17, 15) is 14.3 Å². The number of hydrogen-bond acceptors (Lipinski definition) is 3. The molecule has 0 amide bonds. The molecule has 0 atom stereocenters. The standard InChI is InChI=1S/C18H15FN2O3/c1-11-16(18(22)23)17(12-3-5-13(19)6-4-12)21(20-11)14-7-9-15(24-2)10-8-14/h3-10H,1-2H3,(H,22,23). The monoisotopic (exact) mass is 326 g/mol. The summed E-state index contributed by atoms with van der Waals surface area (Å²) < 4.78 is 19.9. The van der Waals surface area contributed by atoms with Gasteiger partial charge in [0.05, 0.1) is 24.2 Å². The number of hydrogen-bond donors (Lipinski definition) is 1. The van der Waals surface area contributed by atoms with E-state index in [1.807, 2.05) is 0 Å². The lowest BCUT2D eigenvalue weighted by Crippen LogP contribution is -2.03. The number of aromatic nitrogens is 2. The Balaban J connectivity index is 2.23. The predicted octanol–water partition coefficient (Wildman–Crippen LogP) is 3.69. The Hall–Kier alpha value is -3.15. The minimum absolute atomic E-state index is 0.0948. The van der Waals surface area contributed by atoms with Crippen molar-refractivity contribution in [3.05, 3.63) is 65.6 Å². The summed E-state index contributed by atoms with van der Waals surface area (Å²) in [4.78, 5) is 11.7. The maximum absolute atomic E-state index is 13.2. The van der Waals surface area contributed by atoms with Crippen LogP contribution in [0, 0.1) is 12.7 Å². The summed E-state index contributed by atoms with van der Waals surface area (Å²) in [7, 11) is 1.57. The Kier molecular flexibility index (Phi) is 4.04. The van der Waals surface area contributed by atoms with Crippen molar-refractivity contribution in [2.75, 3.05) is 7.11 Å². The third-order valence-electron chi connectivity index (χ3n) is 3.71. The van der Waals surface area contributed by atoms with E-state index in [4.69, 9.17) is 4.74 Å².